The summed E-state index contributed by atoms with van der Waals surface area (Å²) in [7, 11) is 0. The van der Waals surface area contributed by atoms with E-state index in [2.05, 4.69) is 0 Å². The fourth-order valence-electron chi connectivity index (χ4n) is 0.850. The summed E-state index contributed by atoms with van der Waals surface area (Å²) in [6.07, 6.45) is -6.45. The topological polar surface area (TPSA) is 200 Å². The van der Waals surface area contributed by atoms with Gasteiger partial charge in [0.25, 0.3) is 0 Å². The minimum atomic E-state index is -1.66. The van der Waals surface area contributed by atoms with Gasteiger partial charge in [0.2, 0.25) is 0 Å². The van der Waals surface area contributed by atoms with Gasteiger partial charge in [0, 0.05) is 6.21 Å². The Morgan fingerprint density at radius 2 is 1.35 bits per heavy atom. The number of carboxylic acids is 2. The van der Waals surface area contributed by atoms with E-state index in [1.54, 1.807) is 0 Å². The van der Waals surface area contributed by atoms with Gasteiger partial charge in [-0.15, -0.1) is 0 Å². The molecule has 0 bridgehead atoms. The molecule has 20 heavy (non-hydrogen) atoms. The van der Waals surface area contributed by atoms with E-state index in [9.17, 15) is 9.59 Å². The van der Waals surface area contributed by atoms with Gasteiger partial charge >= 0.3 is 11.9 Å². The summed E-state index contributed by atoms with van der Waals surface area (Å²) in [5, 5.41) is 66.2. The van der Waals surface area contributed by atoms with Crippen LogP contribution in [0.4, 0.5) is 0 Å². The second kappa shape index (κ2) is 11.3. The minimum Gasteiger partial charge on any atom is -0.481 e. The molecule has 0 aliphatic heterocycles. The van der Waals surface area contributed by atoms with Crippen LogP contribution in [-0.4, -0.2) is 84.9 Å². The Labute approximate surface area is 114 Å². The Balaban J connectivity index is 0. The second-order valence-corrected chi connectivity index (χ2v) is 3.68. The Morgan fingerprint density at radius 3 is 1.60 bits per heavy atom. The molecule has 118 valence electrons. The van der Waals surface area contributed by atoms with Crippen molar-refractivity contribution in [3.63, 3.8) is 0 Å². The van der Waals surface area contributed by atoms with Gasteiger partial charge in [-0.2, -0.15) is 0 Å². The summed E-state index contributed by atoms with van der Waals surface area (Å²) >= 11 is 0. The van der Waals surface area contributed by atoms with Crippen LogP contribution in [0.1, 0.15) is 12.8 Å². The largest absolute Gasteiger partial charge is 0.481 e. The normalized spacial score (nSPS) is 16.1. The molecule has 0 unspecified atom stereocenters. The number of nitrogens with one attached hydrogen (secondary N) is 1. The van der Waals surface area contributed by atoms with Gasteiger partial charge in [-0.1, -0.05) is 0 Å². The molecule has 0 aromatic carbocycles. The van der Waals surface area contributed by atoms with Crippen molar-refractivity contribution < 1.29 is 45.3 Å². The van der Waals surface area contributed by atoms with Crippen molar-refractivity contribution in [1.29, 1.82) is 5.41 Å². The molecule has 0 aromatic rings. The lowest BCUT2D eigenvalue weighted by molar-refractivity contribution is -0.143. The van der Waals surface area contributed by atoms with E-state index >= 15 is 0 Å². The van der Waals surface area contributed by atoms with Crippen LogP contribution in [0, 0.1) is 5.41 Å². The lowest BCUT2D eigenvalue weighted by Crippen LogP contribution is -2.46. The number of rotatable bonds is 8. The molecule has 8 N–H and O–H groups in total. The van der Waals surface area contributed by atoms with Crippen LogP contribution in [0.25, 0.3) is 0 Å². The van der Waals surface area contributed by atoms with Crippen molar-refractivity contribution in [2.45, 2.75) is 37.3 Å². The third kappa shape index (κ3) is 10.3. The highest BCUT2D eigenvalue weighted by molar-refractivity contribution is 5.75. The fraction of sp³-hybridized carbons (Fsp3) is 0.700. The van der Waals surface area contributed by atoms with Gasteiger partial charge in [0.05, 0.1) is 19.4 Å². The number of aliphatic carboxylic acids is 2. The summed E-state index contributed by atoms with van der Waals surface area (Å²) in [6.45, 7) is -0.719. The molecular formula is C10H19NO9. The number of hydrogen-bond acceptors (Lipinski definition) is 8. The summed E-state index contributed by atoms with van der Waals surface area (Å²) in [5.41, 5.74) is 0. The Morgan fingerprint density at radius 1 is 0.950 bits per heavy atom. The highest BCUT2D eigenvalue weighted by Crippen LogP contribution is 2.03. The molecule has 0 aromatic heterocycles. The molecule has 0 saturated carbocycles. The summed E-state index contributed by atoms with van der Waals surface area (Å²) in [5.74, 6) is -2.15. The van der Waals surface area contributed by atoms with Gasteiger partial charge in [0.1, 0.15) is 24.4 Å². The first-order chi connectivity index (χ1) is 9.17. The van der Waals surface area contributed by atoms with Crippen molar-refractivity contribution in [3.05, 3.63) is 0 Å². The Kier molecular flexibility index (Phi) is 11.7. The molecule has 0 aliphatic rings. The highest BCUT2D eigenvalue weighted by atomic mass is 16.4. The molecule has 0 radical (unpaired) electrons. The number of carboxylic acid groups (broad SMARTS) is 2. The van der Waals surface area contributed by atoms with Gasteiger partial charge < -0.3 is 41.2 Å². The van der Waals surface area contributed by atoms with E-state index in [4.69, 9.17) is 41.2 Å². The molecule has 10 nitrogen and oxygen atoms in total. The molecule has 0 saturated heterocycles. The molecule has 0 spiro atoms. The van der Waals surface area contributed by atoms with Crippen molar-refractivity contribution in [1.82, 2.24) is 0 Å². The summed E-state index contributed by atoms with van der Waals surface area (Å²) in [6, 6.07) is 0. The van der Waals surface area contributed by atoms with E-state index in [-0.39, 0.29) is 12.8 Å². The first-order valence-corrected chi connectivity index (χ1v) is 5.44. The summed E-state index contributed by atoms with van der Waals surface area (Å²) < 4.78 is 0. The van der Waals surface area contributed by atoms with Crippen molar-refractivity contribution in [3.8, 4) is 0 Å². The maximum Gasteiger partial charge on any atom is 0.303 e. The monoisotopic (exact) mass is 297 g/mol. The smallest absolute Gasteiger partial charge is 0.303 e. The standard InChI is InChI=1S/C6H13NO5.C4H6O4/c7-1-3(9)5(11)6(12)4(10)2-8;5-3(6)1-2-4(7)8/h1,3-12H,2H2;1-2H2,(H,5,6)(H,7,8)/t3-,4+,5+,6+;/m0./s1. The summed E-state index contributed by atoms with van der Waals surface area (Å²) in [4.78, 5) is 19.3. The second-order valence-electron chi connectivity index (χ2n) is 3.68. The Bertz CT molecular complexity index is 295. The third-order valence-corrected chi connectivity index (χ3v) is 2.00. The predicted molar refractivity (Wildman–Crippen MR) is 64.4 cm³/mol. The fourth-order valence-corrected chi connectivity index (χ4v) is 0.850. The maximum atomic E-state index is 9.64. The highest BCUT2D eigenvalue weighted by Gasteiger charge is 2.28. The number of hydrogen-bond donors (Lipinski definition) is 8. The van der Waals surface area contributed by atoms with Crippen molar-refractivity contribution in [2.24, 2.45) is 0 Å². The van der Waals surface area contributed by atoms with Crippen LogP contribution in [0.15, 0.2) is 0 Å². The molecule has 0 rings (SSSR count). The lowest BCUT2D eigenvalue weighted by atomic mass is 10.0. The van der Waals surface area contributed by atoms with Gasteiger partial charge in [-0.3, -0.25) is 9.59 Å². The van der Waals surface area contributed by atoms with Crippen LogP contribution in [-0.2, 0) is 9.59 Å². The minimum absolute atomic E-state index is 0.296. The maximum absolute atomic E-state index is 9.64. The number of aliphatic hydroxyl groups is 5. The van der Waals surface area contributed by atoms with Gasteiger partial charge in [-0.25, -0.2) is 0 Å². The molecule has 0 aliphatic carbocycles. The van der Waals surface area contributed by atoms with E-state index in [0.29, 0.717) is 6.21 Å². The quantitative estimate of drug-likeness (QED) is 0.215. The molecule has 0 amide bonds. The first-order valence-electron chi connectivity index (χ1n) is 5.44. The zero-order valence-corrected chi connectivity index (χ0v) is 10.5. The van der Waals surface area contributed by atoms with Crippen LogP contribution >= 0.6 is 0 Å². The molecule has 0 fully saturated rings. The third-order valence-electron chi connectivity index (χ3n) is 2.00. The molecule has 10 heteroatoms. The van der Waals surface area contributed by atoms with E-state index in [1.807, 2.05) is 0 Å². The predicted octanol–water partition coefficient (Wildman–Crippen LogP) is -2.99. The van der Waals surface area contributed by atoms with Crippen LogP contribution in [0.5, 0.6) is 0 Å². The average molecular weight is 297 g/mol. The van der Waals surface area contributed by atoms with Crippen LogP contribution in [0.3, 0.4) is 0 Å². The molecular weight excluding hydrogens is 278 g/mol. The van der Waals surface area contributed by atoms with E-state index in [1.165, 1.54) is 0 Å². The Hall–Kier alpha value is -1.59. The molecule has 4 atom stereocenters. The van der Waals surface area contributed by atoms with Gasteiger partial charge in [0.15, 0.2) is 0 Å². The van der Waals surface area contributed by atoms with Gasteiger partial charge in [-0.05, 0) is 0 Å². The van der Waals surface area contributed by atoms with Crippen LogP contribution in [0.2, 0.25) is 0 Å². The zero-order valence-electron chi connectivity index (χ0n) is 10.5. The van der Waals surface area contributed by atoms with Crippen LogP contribution < -0.4 is 0 Å². The van der Waals surface area contributed by atoms with Crippen molar-refractivity contribution in [2.75, 3.05) is 6.61 Å². The SMILES string of the molecule is N=C[C@H](O)[C@@H](O)[C@H](O)[C@H](O)CO.O=C(O)CCC(=O)O. The molecule has 0 heterocycles. The number of carbonyl (C=O) groups is 2. The van der Waals surface area contributed by atoms with Crippen molar-refractivity contribution >= 4 is 18.2 Å². The zero-order chi connectivity index (χ0) is 16.3. The van der Waals surface area contributed by atoms with E-state index < -0.39 is 43.0 Å². The first kappa shape index (κ1) is 20.7. The van der Waals surface area contributed by atoms with E-state index in [0.717, 1.165) is 0 Å². The number of aliphatic hydroxyl groups excluding tert-OH is 5. The lowest BCUT2D eigenvalue weighted by Gasteiger charge is -2.23. The average Bonchev–Trinajstić information content (AvgIpc) is 2.42.